The fourth-order valence-corrected chi connectivity index (χ4v) is 4.41. The van der Waals surface area contributed by atoms with Crippen molar-refractivity contribution < 1.29 is 0 Å². The Kier molecular flexibility index (Phi) is 2.72. The number of fused-ring (bicyclic) bond motifs is 8. The molecule has 6 rings (SSSR count). The van der Waals surface area contributed by atoms with E-state index in [0.29, 0.717) is 0 Å². The second kappa shape index (κ2) is 5.09. The van der Waals surface area contributed by atoms with Crippen molar-refractivity contribution in [3.05, 3.63) is 96.1 Å². The predicted octanol–water partition coefficient (Wildman–Crippen LogP) is 6.79. The van der Waals surface area contributed by atoms with Gasteiger partial charge in [-0.3, -0.25) is 0 Å². The lowest BCUT2D eigenvalue weighted by Gasteiger charge is -2.23. The van der Waals surface area contributed by atoms with Crippen molar-refractivity contribution in [3.8, 4) is 0 Å². The van der Waals surface area contributed by atoms with Crippen molar-refractivity contribution in [2.24, 2.45) is 0 Å². The van der Waals surface area contributed by atoms with Gasteiger partial charge in [0.05, 0.1) is 0 Å². The molecule has 5 aromatic carbocycles. The van der Waals surface area contributed by atoms with Crippen LogP contribution in [0, 0.1) is 0 Å². The molecule has 1 aliphatic heterocycles. The third kappa shape index (κ3) is 1.86. The normalized spacial score (nSPS) is 12.8. The summed E-state index contributed by atoms with van der Waals surface area (Å²) < 4.78 is 0. The van der Waals surface area contributed by atoms with E-state index in [-0.39, 0.29) is 0 Å². The van der Waals surface area contributed by atoms with E-state index >= 15 is 0 Å². The number of para-hydroxylation sites is 1. The lowest BCUT2D eigenvalue weighted by molar-refractivity contribution is 1.18. The van der Waals surface area contributed by atoms with Gasteiger partial charge in [0.2, 0.25) is 0 Å². The maximum Gasteiger partial charge on any atom is 0.0426 e. The van der Waals surface area contributed by atoms with E-state index in [4.69, 9.17) is 0 Å². The summed E-state index contributed by atoms with van der Waals surface area (Å²) in [6, 6.07) is 30.9. The summed E-state index contributed by atoms with van der Waals surface area (Å²) >= 11 is 0. The molecule has 1 heteroatoms. The number of anilines is 2. The SMILES string of the molecule is c1ccc2c(c1)Cc1c(ccc3c1ccc1c4ccccc4ccc31)N2. The molecule has 0 amide bonds. The van der Waals surface area contributed by atoms with E-state index in [1.807, 2.05) is 0 Å². The summed E-state index contributed by atoms with van der Waals surface area (Å²) in [5, 5.41) is 11.6. The van der Waals surface area contributed by atoms with E-state index in [0.717, 1.165) is 6.42 Å². The molecule has 1 heterocycles. The third-order valence-electron chi connectivity index (χ3n) is 5.69. The standard InChI is InChI=1S/C25H17N/c1-3-7-18-16(5-1)9-10-20-19(18)11-12-22-21(20)13-14-25-23(22)15-17-6-2-4-8-24(17)26-25/h1-14,26H,15H2. The minimum absolute atomic E-state index is 0.981. The van der Waals surface area contributed by atoms with Crippen LogP contribution in [0.2, 0.25) is 0 Å². The van der Waals surface area contributed by atoms with Crippen molar-refractivity contribution in [2.45, 2.75) is 6.42 Å². The second-order valence-corrected chi connectivity index (χ2v) is 7.09. The summed E-state index contributed by atoms with van der Waals surface area (Å²) in [4.78, 5) is 0. The Bertz CT molecular complexity index is 1330. The molecule has 0 aliphatic carbocycles. The molecule has 122 valence electrons. The van der Waals surface area contributed by atoms with Crippen LogP contribution in [-0.2, 0) is 6.42 Å². The van der Waals surface area contributed by atoms with Crippen LogP contribution in [0.5, 0.6) is 0 Å². The van der Waals surface area contributed by atoms with Crippen molar-refractivity contribution in [1.29, 1.82) is 0 Å². The van der Waals surface area contributed by atoms with Crippen molar-refractivity contribution in [2.75, 3.05) is 5.32 Å². The molecule has 0 radical (unpaired) electrons. The van der Waals surface area contributed by atoms with Crippen LogP contribution in [0.4, 0.5) is 11.4 Å². The lowest BCUT2D eigenvalue weighted by atomic mass is 9.90. The molecular formula is C25H17N. The number of benzene rings is 5. The van der Waals surface area contributed by atoms with Gasteiger partial charge in [-0.25, -0.2) is 0 Å². The highest BCUT2D eigenvalue weighted by Crippen LogP contribution is 2.40. The second-order valence-electron chi connectivity index (χ2n) is 7.09. The Labute approximate surface area is 151 Å². The Balaban J connectivity index is 1.67. The van der Waals surface area contributed by atoms with E-state index in [9.17, 15) is 0 Å². The van der Waals surface area contributed by atoms with Crippen LogP contribution >= 0.6 is 0 Å². The molecule has 0 aromatic heterocycles. The first-order valence-electron chi connectivity index (χ1n) is 9.09. The molecule has 1 nitrogen and oxygen atoms in total. The van der Waals surface area contributed by atoms with Gasteiger partial charge in [0, 0.05) is 17.8 Å². The number of rotatable bonds is 0. The highest BCUT2D eigenvalue weighted by molar-refractivity contribution is 6.18. The Morgan fingerprint density at radius 3 is 2.19 bits per heavy atom. The van der Waals surface area contributed by atoms with Gasteiger partial charge in [0.1, 0.15) is 0 Å². The molecule has 0 atom stereocenters. The first-order chi connectivity index (χ1) is 12.9. The highest BCUT2D eigenvalue weighted by atomic mass is 14.9. The van der Waals surface area contributed by atoms with Crippen molar-refractivity contribution in [3.63, 3.8) is 0 Å². The molecule has 0 saturated heterocycles. The van der Waals surface area contributed by atoms with Gasteiger partial charge in [0.15, 0.2) is 0 Å². The van der Waals surface area contributed by atoms with E-state index < -0.39 is 0 Å². The first-order valence-corrected chi connectivity index (χ1v) is 9.09. The first kappa shape index (κ1) is 13.9. The number of hydrogen-bond donors (Lipinski definition) is 1. The third-order valence-corrected chi connectivity index (χ3v) is 5.69. The van der Waals surface area contributed by atoms with Crippen LogP contribution in [0.3, 0.4) is 0 Å². The molecule has 5 aromatic rings. The Morgan fingerprint density at radius 1 is 0.500 bits per heavy atom. The maximum atomic E-state index is 3.61. The quantitative estimate of drug-likeness (QED) is 0.302. The summed E-state index contributed by atoms with van der Waals surface area (Å²) in [6.07, 6.45) is 0.981. The average molecular weight is 331 g/mol. The molecule has 0 spiro atoms. The molecule has 26 heavy (non-hydrogen) atoms. The smallest absolute Gasteiger partial charge is 0.0426 e. The fraction of sp³-hybridized carbons (Fsp3) is 0.0400. The Morgan fingerprint density at radius 2 is 1.19 bits per heavy atom. The van der Waals surface area contributed by atoms with Gasteiger partial charge in [-0.1, -0.05) is 72.8 Å². The number of nitrogens with one attached hydrogen (secondary N) is 1. The zero-order chi connectivity index (χ0) is 17.1. The van der Waals surface area contributed by atoms with Gasteiger partial charge in [-0.2, -0.15) is 0 Å². The van der Waals surface area contributed by atoms with Crippen LogP contribution in [-0.4, -0.2) is 0 Å². The molecule has 0 fully saturated rings. The molecule has 1 aliphatic rings. The molecule has 0 bridgehead atoms. The Hall–Kier alpha value is -3.32. The van der Waals surface area contributed by atoms with Crippen molar-refractivity contribution in [1.82, 2.24) is 0 Å². The molecule has 0 saturated carbocycles. The molecule has 0 unspecified atom stereocenters. The number of hydrogen-bond acceptors (Lipinski definition) is 1. The predicted molar refractivity (Wildman–Crippen MR) is 111 cm³/mol. The van der Waals surface area contributed by atoms with E-state index in [1.165, 1.54) is 54.8 Å². The zero-order valence-electron chi connectivity index (χ0n) is 14.3. The molecular weight excluding hydrogens is 314 g/mol. The molecule has 1 N–H and O–H groups in total. The average Bonchev–Trinajstić information content (AvgIpc) is 2.71. The van der Waals surface area contributed by atoms with Crippen LogP contribution in [0.1, 0.15) is 11.1 Å². The summed E-state index contributed by atoms with van der Waals surface area (Å²) in [5.41, 5.74) is 5.23. The largest absolute Gasteiger partial charge is 0.355 e. The van der Waals surface area contributed by atoms with Gasteiger partial charge < -0.3 is 5.32 Å². The summed E-state index contributed by atoms with van der Waals surface area (Å²) in [6.45, 7) is 0. The van der Waals surface area contributed by atoms with Gasteiger partial charge in [-0.05, 0) is 55.6 Å². The van der Waals surface area contributed by atoms with Crippen LogP contribution in [0.25, 0.3) is 32.3 Å². The zero-order valence-corrected chi connectivity index (χ0v) is 14.3. The maximum absolute atomic E-state index is 3.61. The van der Waals surface area contributed by atoms with Crippen LogP contribution < -0.4 is 5.32 Å². The van der Waals surface area contributed by atoms with Crippen LogP contribution in [0.15, 0.2) is 84.9 Å². The van der Waals surface area contributed by atoms with E-state index in [2.05, 4.69) is 90.2 Å². The monoisotopic (exact) mass is 331 g/mol. The minimum atomic E-state index is 0.981. The minimum Gasteiger partial charge on any atom is -0.355 e. The highest BCUT2D eigenvalue weighted by Gasteiger charge is 2.17. The van der Waals surface area contributed by atoms with E-state index in [1.54, 1.807) is 0 Å². The van der Waals surface area contributed by atoms with Gasteiger partial charge >= 0.3 is 0 Å². The lowest BCUT2D eigenvalue weighted by Crippen LogP contribution is -2.07. The topological polar surface area (TPSA) is 12.0 Å². The fourth-order valence-electron chi connectivity index (χ4n) is 4.41. The van der Waals surface area contributed by atoms with Gasteiger partial charge in [0.25, 0.3) is 0 Å². The van der Waals surface area contributed by atoms with Crippen molar-refractivity contribution >= 4 is 43.7 Å². The summed E-state index contributed by atoms with van der Waals surface area (Å²) in [7, 11) is 0. The summed E-state index contributed by atoms with van der Waals surface area (Å²) in [5.74, 6) is 0. The van der Waals surface area contributed by atoms with Gasteiger partial charge in [-0.15, -0.1) is 0 Å².